The summed E-state index contributed by atoms with van der Waals surface area (Å²) in [6.45, 7) is 3.41. The zero-order valence-corrected chi connectivity index (χ0v) is 13.6. The third kappa shape index (κ3) is 4.70. The van der Waals surface area contributed by atoms with Crippen molar-refractivity contribution in [2.24, 2.45) is 0 Å². The van der Waals surface area contributed by atoms with E-state index in [1.807, 2.05) is 31.2 Å². The molecule has 0 atom stereocenters. The Morgan fingerprint density at radius 1 is 1.17 bits per heavy atom. The Morgan fingerprint density at radius 3 is 2.58 bits per heavy atom. The molecule has 0 spiro atoms. The van der Waals surface area contributed by atoms with Gasteiger partial charge in [-0.05, 0) is 38.0 Å². The van der Waals surface area contributed by atoms with Crippen LogP contribution in [0.1, 0.15) is 18.4 Å². The summed E-state index contributed by atoms with van der Waals surface area (Å²) in [5, 5.41) is 5.72. The van der Waals surface area contributed by atoms with Crippen molar-refractivity contribution in [1.29, 1.82) is 0 Å². The van der Waals surface area contributed by atoms with Gasteiger partial charge in [0.25, 0.3) is 0 Å². The van der Waals surface area contributed by atoms with Gasteiger partial charge >= 0.3 is 6.03 Å². The molecule has 2 aromatic rings. The van der Waals surface area contributed by atoms with Crippen molar-refractivity contribution in [1.82, 2.24) is 10.3 Å². The number of hydrogen-bond donors (Lipinski definition) is 2. The fourth-order valence-corrected chi connectivity index (χ4v) is 2.44. The summed E-state index contributed by atoms with van der Waals surface area (Å²) < 4.78 is 10.9. The third-order valence-electron chi connectivity index (χ3n) is 3.79. The first-order valence-electron chi connectivity index (χ1n) is 8.05. The molecule has 6 heteroatoms. The van der Waals surface area contributed by atoms with E-state index in [0.717, 1.165) is 18.6 Å². The molecule has 3 rings (SSSR count). The maximum Gasteiger partial charge on any atom is 0.319 e. The molecule has 6 nitrogen and oxygen atoms in total. The second kappa shape index (κ2) is 7.79. The molecule has 1 aliphatic rings. The van der Waals surface area contributed by atoms with Crippen LogP contribution in [0.5, 0.6) is 11.6 Å². The second-order valence-corrected chi connectivity index (χ2v) is 5.79. The number of rotatable bonds is 4. The van der Waals surface area contributed by atoms with Crippen LogP contribution in [0.3, 0.4) is 0 Å². The van der Waals surface area contributed by atoms with Crippen molar-refractivity contribution in [3.8, 4) is 11.6 Å². The molecule has 0 radical (unpaired) electrons. The average molecular weight is 327 g/mol. The predicted molar refractivity (Wildman–Crippen MR) is 91.5 cm³/mol. The fraction of sp³-hybridized carbons (Fsp3) is 0.333. The first kappa shape index (κ1) is 16.3. The molecule has 2 amide bonds. The highest BCUT2D eigenvalue weighted by Gasteiger charge is 2.16. The number of urea groups is 1. The highest BCUT2D eigenvalue weighted by molar-refractivity contribution is 5.89. The SMILES string of the molecule is Cc1ccc(Oc2ccc(NC(=O)NC3CCOCC3)cn2)cc1. The van der Waals surface area contributed by atoms with Gasteiger partial charge in [0.05, 0.1) is 11.9 Å². The molecule has 24 heavy (non-hydrogen) atoms. The van der Waals surface area contributed by atoms with Gasteiger partial charge in [-0.25, -0.2) is 9.78 Å². The summed E-state index contributed by atoms with van der Waals surface area (Å²) in [6.07, 6.45) is 3.26. The number of aryl methyl sites for hydroxylation is 1. The van der Waals surface area contributed by atoms with E-state index < -0.39 is 0 Å². The standard InChI is InChI=1S/C18H21N3O3/c1-13-2-5-16(6-3-13)24-17-7-4-15(12-19-17)21-18(22)20-14-8-10-23-11-9-14/h2-7,12,14H,8-11H2,1H3,(H2,20,21,22). The fourth-order valence-electron chi connectivity index (χ4n) is 2.44. The number of aromatic nitrogens is 1. The van der Waals surface area contributed by atoms with Gasteiger partial charge in [-0.1, -0.05) is 17.7 Å². The molecule has 1 aliphatic heterocycles. The number of carbonyl (C=O) groups is 1. The third-order valence-corrected chi connectivity index (χ3v) is 3.79. The van der Waals surface area contributed by atoms with Crippen molar-refractivity contribution in [3.63, 3.8) is 0 Å². The van der Waals surface area contributed by atoms with Crippen LogP contribution in [0.2, 0.25) is 0 Å². The number of nitrogens with zero attached hydrogens (tertiary/aromatic N) is 1. The Labute approximate surface area is 141 Å². The molecule has 0 aliphatic carbocycles. The van der Waals surface area contributed by atoms with Crippen molar-refractivity contribution in [2.45, 2.75) is 25.8 Å². The van der Waals surface area contributed by atoms with E-state index >= 15 is 0 Å². The van der Waals surface area contributed by atoms with Gasteiger partial charge in [0.1, 0.15) is 5.75 Å². The molecule has 1 fully saturated rings. The highest BCUT2D eigenvalue weighted by atomic mass is 16.5. The number of carbonyl (C=O) groups excluding carboxylic acids is 1. The van der Waals surface area contributed by atoms with Crippen LogP contribution >= 0.6 is 0 Å². The Balaban J connectivity index is 1.52. The van der Waals surface area contributed by atoms with Crippen molar-refractivity contribution in [3.05, 3.63) is 48.2 Å². The zero-order valence-electron chi connectivity index (χ0n) is 13.6. The quantitative estimate of drug-likeness (QED) is 0.902. The molecule has 2 heterocycles. The van der Waals surface area contributed by atoms with Crippen molar-refractivity contribution >= 4 is 11.7 Å². The summed E-state index contributed by atoms with van der Waals surface area (Å²) >= 11 is 0. The molecule has 0 unspecified atom stereocenters. The molecule has 1 saturated heterocycles. The number of hydrogen-bond acceptors (Lipinski definition) is 4. The minimum atomic E-state index is -0.226. The van der Waals surface area contributed by atoms with E-state index in [2.05, 4.69) is 15.6 Å². The minimum absolute atomic E-state index is 0.163. The smallest absolute Gasteiger partial charge is 0.319 e. The molecule has 1 aromatic carbocycles. The van der Waals surface area contributed by atoms with Crippen LogP contribution in [-0.4, -0.2) is 30.3 Å². The van der Waals surface area contributed by atoms with E-state index in [1.54, 1.807) is 18.3 Å². The second-order valence-electron chi connectivity index (χ2n) is 5.79. The van der Waals surface area contributed by atoms with Crippen LogP contribution in [0.15, 0.2) is 42.6 Å². The van der Waals surface area contributed by atoms with Gasteiger partial charge in [0, 0.05) is 25.3 Å². The van der Waals surface area contributed by atoms with Crippen molar-refractivity contribution in [2.75, 3.05) is 18.5 Å². The lowest BCUT2D eigenvalue weighted by molar-refractivity contribution is 0.0806. The van der Waals surface area contributed by atoms with Gasteiger partial charge < -0.3 is 20.1 Å². The number of amides is 2. The van der Waals surface area contributed by atoms with Gasteiger partial charge in [-0.3, -0.25) is 0 Å². The highest BCUT2D eigenvalue weighted by Crippen LogP contribution is 2.20. The molecule has 126 valence electrons. The number of anilines is 1. The van der Waals surface area contributed by atoms with Gasteiger partial charge in [-0.15, -0.1) is 0 Å². The lowest BCUT2D eigenvalue weighted by atomic mass is 10.1. The Morgan fingerprint density at radius 2 is 1.92 bits per heavy atom. The summed E-state index contributed by atoms with van der Waals surface area (Å²) in [4.78, 5) is 16.2. The van der Waals surface area contributed by atoms with E-state index in [0.29, 0.717) is 24.8 Å². The zero-order chi connectivity index (χ0) is 16.8. The predicted octanol–water partition coefficient (Wildman–Crippen LogP) is 3.48. The average Bonchev–Trinajstić information content (AvgIpc) is 2.59. The molecule has 0 bridgehead atoms. The van der Waals surface area contributed by atoms with Gasteiger partial charge in [0.15, 0.2) is 0 Å². The Bertz CT molecular complexity index is 665. The van der Waals surface area contributed by atoms with E-state index in [1.165, 1.54) is 5.56 Å². The first-order valence-corrected chi connectivity index (χ1v) is 8.05. The first-order chi connectivity index (χ1) is 11.7. The number of benzene rings is 1. The van der Waals surface area contributed by atoms with Crippen LogP contribution in [0.25, 0.3) is 0 Å². The Hall–Kier alpha value is -2.60. The number of pyridine rings is 1. The number of ether oxygens (including phenoxy) is 2. The molecule has 0 saturated carbocycles. The van der Waals surface area contributed by atoms with Gasteiger partial charge in [-0.2, -0.15) is 0 Å². The van der Waals surface area contributed by atoms with Crippen LogP contribution < -0.4 is 15.4 Å². The molecular formula is C18H21N3O3. The minimum Gasteiger partial charge on any atom is -0.439 e. The lowest BCUT2D eigenvalue weighted by Gasteiger charge is -2.23. The normalized spacial score (nSPS) is 14.9. The Kier molecular flexibility index (Phi) is 5.28. The molecular weight excluding hydrogens is 306 g/mol. The summed E-state index contributed by atoms with van der Waals surface area (Å²) in [6, 6.07) is 11.2. The maximum absolute atomic E-state index is 12.0. The lowest BCUT2D eigenvalue weighted by Crippen LogP contribution is -2.41. The number of nitrogens with one attached hydrogen (secondary N) is 2. The summed E-state index contributed by atoms with van der Waals surface area (Å²) in [5.74, 6) is 1.21. The van der Waals surface area contributed by atoms with E-state index in [9.17, 15) is 4.79 Å². The summed E-state index contributed by atoms with van der Waals surface area (Å²) in [5.41, 5.74) is 1.79. The van der Waals surface area contributed by atoms with Crippen LogP contribution in [-0.2, 0) is 4.74 Å². The van der Waals surface area contributed by atoms with Crippen LogP contribution in [0.4, 0.5) is 10.5 Å². The topological polar surface area (TPSA) is 72.5 Å². The monoisotopic (exact) mass is 327 g/mol. The molecule has 1 aromatic heterocycles. The van der Waals surface area contributed by atoms with Gasteiger partial charge in [0.2, 0.25) is 5.88 Å². The van der Waals surface area contributed by atoms with Crippen molar-refractivity contribution < 1.29 is 14.3 Å². The van der Waals surface area contributed by atoms with E-state index in [-0.39, 0.29) is 12.1 Å². The summed E-state index contributed by atoms with van der Waals surface area (Å²) in [7, 11) is 0. The van der Waals surface area contributed by atoms with Crippen LogP contribution in [0, 0.1) is 6.92 Å². The largest absolute Gasteiger partial charge is 0.439 e. The maximum atomic E-state index is 12.0. The molecule has 2 N–H and O–H groups in total. The van der Waals surface area contributed by atoms with E-state index in [4.69, 9.17) is 9.47 Å².